The summed E-state index contributed by atoms with van der Waals surface area (Å²) in [6.07, 6.45) is 0. The van der Waals surface area contributed by atoms with Crippen LogP contribution < -0.4 is 4.90 Å². The molecule has 0 atom stereocenters. The minimum Gasteiger partial charge on any atom is -0.310 e. The molecule has 8 aromatic carbocycles. The van der Waals surface area contributed by atoms with Gasteiger partial charge < -0.3 is 9.30 Å². The van der Waals surface area contributed by atoms with Crippen molar-refractivity contribution in [2.24, 2.45) is 0 Å². The van der Waals surface area contributed by atoms with Crippen LogP contribution in [-0.2, 0) is 0 Å². The molecule has 0 N–H and O–H groups in total. The Morgan fingerprint density at radius 1 is 0.373 bits per heavy atom. The van der Waals surface area contributed by atoms with Gasteiger partial charge in [-0.25, -0.2) is 0 Å². The summed E-state index contributed by atoms with van der Waals surface area (Å²) >= 11 is 1.87. The maximum absolute atomic E-state index is 2.50. The number of nitrogens with zero attached hydrogens (tertiary/aromatic N) is 2. The third-order valence-corrected chi connectivity index (χ3v) is 11.6. The molecule has 11 rings (SSSR count). The van der Waals surface area contributed by atoms with E-state index in [2.05, 4.69) is 191 Å². The van der Waals surface area contributed by atoms with Crippen LogP contribution in [0.2, 0.25) is 0 Å². The maximum atomic E-state index is 2.50. The standard InChI is InChI=1S/C48H30N2S/c1-3-13-31(14-4-1)33-27-34(32-15-5-2-6-16-32)29-36(28-33)49(35-25-26-39-38-18-8-10-24-45(38)51-46(39)30-35)43-22-12-23-44-47(43)41-20-11-19-40-37-17-7-9-21-42(37)50(44)48(40)41/h1-30H. The van der Waals surface area contributed by atoms with Crippen molar-refractivity contribution in [1.82, 2.24) is 4.40 Å². The molecule has 0 unspecified atom stereocenters. The number of anilines is 3. The Balaban J connectivity index is 1.25. The van der Waals surface area contributed by atoms with Gasteiger partial charge in [0.2, 0.25) is 0 Å². The number of aromatic nitrogens is 1. The molecule has 0 aliphatic heterocycles. The van der Waals surface area contributed by atoms with E-state index in [-0.39, 0.29) is 0 Å². The SMILES string of the molecule is c1ccc(-c2cc(-c3ccccc3)cc(N(c3ccc4c(c3)sc3ccccc34)c3cccc4c3c3cccc5c6ccccc6n4c53)c2)cc1. The van der Waals surface area contributed by atoms with Crippen LogP contribution in [0.1, 0.15) is 0 Å². The first-order valence-electron chi connectivity index (χ1n) is 17.4. The highest BCUT2D eigenvalue weighted by molar-refractivity contribution is 7.25. The van der Waals surface area contributed by atoms with Gasteiger partial charge in [-0.1, -0.05) is 127 Å². The number of fused-ring (bicyclic) bond motifs is 9. The molecule has 0 spiro atoms. The van der Waals surface area contributed by atoms with Crippen molar-refractivity contribution < 1.29 is 0 Å². The molecule has 2 nitrogen and oxygen atoms in total. The molecule has 0 saturated carbocycles. The largest absolute Gasteiger partial charge is 0.310 e. The molecule has 238 valence electrons. The van der Waals surface area contributed by atoms with E-state index in [0.29, 0.717) is 0 Å². The highest BCUT2D eigenvalue weighted by atomic mass is 32.1. The van der Waals surface area contributed by atoms with Crippen molar-refractivity contribution in [3.63, 3.8) is 0 Å². The second-order valence-electron chi connectivity index (χ2n) is 13.3. The maximum Gasteiger partial charge on any atom is 0.0621 e. The molecule has 0 radical (unpaired) electrons. The van der Waals surface area contributed by atoms with Crippen molar-refractivity contribution in [3.8, 4) is 22.3 Å². The molecule has 11 aromatic rings. The normalized spacial score (nSPS) is 11.9. The van der Waals surface area contributed by atoms with E-state index in [1.807, 2.05) is 11.3 Å². The average molecular weight is 667 g/mol. The van der Waals surface area contributed by atoms with Crippen molar-refractivity contribution in [3.05, 3.63) is 182 Å². The molecule has 0 aliphatic carbocycles. The van der Waals surface area contributed by atoms with E-state index in [1.165, 1.54) is 80.5 Å². The summed E-state index contributed by atoms with van der Waals surface area (Å²) in [6, 6.07) is 66.7. The summed E-state index contributed by atoms with van der Waals surface area (Å²) in [4.78, 5) is 2.50. The lowest BCUT2D eigenvalue weighted by molar-refractivity contribution is 1.30. The second kappa shape index (κ2) is 11.0. The number of thiophene rings is 1. The molecule has 3 heteroatoms. The number of hydrogen-bond acceptors (Lipinski definition) is 2. The third kappa shape index (κ3) is 4.29. The smallest absolute Gasteiger partial charge is 0.0621 e. The summed E-state index contributed by atoms with van der Waals surface area (Å²) in [5.74, 6) is 0. The highest BCUT2D eigenvalue weighted by Crippen LogP contribution is 2.48. The van der Waals surface area contributed by atoms with Crippen LogP contribution >= 0.6 is 11.3 Å². The van der Waals surface area contributed by atoms with Crippen LogP contribution in [0.15, 0.2) is 182 Å². The molecular formula is C48H30N2S. The fourth-order valence-electron chi connectivity index (χ4n) is 8.26. The number of benzene rings is 8. The lowest BCUT2D eigenvalue weighted by atomic mass is 9.97. The van der Waals surface area contributed by atoms with Crippen molar-refractivity contribution in [2.45, 2.75) is 0 Å². The summed E-state index contributed by atoms with van der Waals surface area (Å²) in [7, 11) is 0. The van der Waals surface area contributed by atoms with Gasteiger partial charge in [0.25, 0.3) is 0 Å². The molecule has 0 saturated heterocycles. The van der Waals surface area contributed by atoms with Gasteiger partial charge in [-0.05, 0) is 76.9 Å². The predicted molar refractivity (Wildman–Crippen MR) is 220 cm³/mol. The van der Waals surface area contributed by atoms with E-state index in [1.54, 1.807) is 0 Å². The van der Waals surface area contributed by atoms with E-state index in [0.717, 1.165) is 17.1 Å². The summed E-state index contributed by atoms with van der Waals surface area (Å²) in [5, 5.41) is 7.72. The number of para-hydroxylation sites is 2. The zero-order valence-corrected chi connectivity index (χ0v) is 28.4. The lowest BCUT2D eigenvalue weighted by Crippen LogP contribution is -2.11. The zero-order chi connectivity index (χ0) is 33.5. The van der Waals surface area contributed by atoms with Crippen LogP contribution in [-0.4, -0.2) is 4.40 Å². The lowest BCUT2D eigenvalue weighted by Gasteiger charge is -2.28. The number of hydrogen-bond donors (Lipinski definition) is 0. The summed E-state index contributed by atoms with van der Waals surface area (Å²) in [5.41, 5.74) is 11.9. The van der Waals surface area contributed by atoms with Crippen LogP contribution in [0.25, 0.3) is 80.5 Å². The summed E-state index contributed by atoms with van der Waals surface area (Å²) < 4.78 is 5.07. The van der Waals surface area contributed by atoms with Gasteiger partial charge in [-0.15, -0.1) is 11.3 Å². The molecule has 0 bridgehead atoms. The Kier molecular flexibility index (Phi) is 6.16. The van der Waals surface area contributed by atoms with E-state index in [4.69, 9.17) is 0 Å². The molecule has 0 fully saturated rings. The molecule has 3 heterocycles. The Labute approximate surface area is 299 Å². The van der Waals surface area contributed by atoms with Crippen molar-refractivity contribution in [1.29, 1.82) is 0 Å². The topological polar surface area (TPSA) is 7.65 Å². The van der Waals surface area contributed by atoms with Gasteiger partial charge in [-0.3, -0.25) is 0 Å². The first-order valence-corrected chi connectivity index (χ1v) is 18.3. The fraction of sp³-hybridized carbons (Fsp3) is 0. The van der Waals surface area contributed by atoms with Crippen LogP contribution in [0.3, 0.4) is 0 Å². The Hall–Kier alpha value is -6.42. The van der Waals surface area contributed by atoms with Crippen molar-refractivity contribution in [2.75, 3.05) is 4.90 Å². The average Bonchev–Trinajstić information content (AvgIpc) is 3.86. The van der Waals surface area contributed by atoms with E-state index in [9.17, 15) is 0 Å². The van der Waals surface area contributed by atoms with Gasteiger partial charge >= 0.3 is 0 Å². The van der Waals surface area contributed by atoms with Gasteiger partial charge in [0.05, 0.1) is 22.2 Å². The zero-order valence-electron chi connectivity index (χ0n) is 27.6. The first kappa shape index (κ1) is 28.4. The van der Waals surface area contributed by atoms with Crippen LogP contribution in [0.5, 0.6) is 0 Å². The second-order valence-corrected chi connectivity index (χ2v) is 14.4. The van der Waals surface area contributed by atoms with Crippen LogP contribution in [0, 0.1) is 0 Å². The molecule has 3 aromatic heterocycles. The van der Waals surface area contributed by atoms with Gasteiger partial charge in [-0.2, -0.15) is 0 Å². The van der Waals surface area contributed by atoms with Crippen LogP contribution in [0.4, 0.5) is 17.1 Å². The molecule has 51 heavy (non-hydrogen) atoms. The summed E-state index contributed by atoms with van der Waals surface area (Å²) in [6.45, 7) is 0. The first-order chi connectivity index (χ1) is 25.3. The fourth-order valence-corrected chi connectivity index (χ4v) is 9.40. The predicted octanol–water partition coefficient (Wildman–Crippen LogP) is 14.0. The van der Waals surface area contributed by atoms with Gasteiger partial charge in [0, 0.05) is 53.1 Å². The van der Waals surface area contributed by atoms with Crippen molar-refractivity contribution >= 4 is 86.7 Å². The van der Waals surface area contributed by atoms with E-state index >= 15 is 0 Å². The quantitative estimate of drug-likeness (QED) is 0.177. The van der Waals surface area contributed by atoms with E-state index < -0.39 is 0 Å². The number of rotatable bonds is 5. The highest BCUT2D eigenvalue weighted by Gasteiger charge is 2.24. The van der Waals surface area contributed by atoms with Gasteiger partial charge in [0.1, 0.15) is 0 Å². The molecular weight excluding hydrogens is 637 g/mol. The minimum atomic E-state index is 1.12. The van der Waals surface area contributed by atoms with Gasteiger partial charge in [0.15, 0.2) is 0 Å². The Morgan fingerprint density at radius 3 is 1.76 bits per heavy atom. The third-order valence-electron chi connectivity index (χ3n) is 10.5. The molecule has 0 amide bonds. The Morgan fingerprint density at radius 2 is 0.980 bits per heavy atom. The minimum absolute atomic E-state index is 1.12. The monoisotopic (exact) mass is 666 g/mol. The molecule has 0 aliphatic rings. The Bertz CT molecular complexity index is 3020.